The zero-order valence-electron chi connectivity index (χ0n) is 19.5. The van der Waals surface area contributed by atoms with Gasteiger partial charge in [0.05, 0.1) is 0 Å². The molecule has 0 unspecified atom stereocenters. The fourth-order valence-electron chi connectivity index (χ4n) is 3.50. The largest absolute Gasteiger partial charge is 0.483 e. The SMILES string of the molecule is CCCNC(=O)[C@@H](CC)N(Cc1ccccc1)C(=O)COc1ccccc1C(C)(C)C. The molecule has 0 heterocycles. The molecule has 1 N–H and O–H groups in total. The lowest BCUT2D eigenvalue weighted by atomic mass is 9.86. The second kappa shape index (κ2) is 11.5. The summed E-state index contributed by atoms with van der Waals surface area (Å²) in [6.45, 7) is 11.1. The van der Waals surface area contributed by atoms with E-state index in [2.05, 4.69) is 26.1 Å². The molecule has 0 aliphatic rings. The van der Waals surface area contributed by atoms with E-state index in [9.17, 15) is 9.59 Å². The minimum Gasteiger partial charge on any atom is -0.483 e. The van der Waals surface area contributed by atoms with E-state index in [1.807, 2.05) is 68.4 Å². The summed E-state index contributed by atoms with van der Waals surface area (Å²) < 4.78 is 5.98. The molecule has 0 aliphatic heterocycles. The van der Waals surface area contributed by atoms with E-state index in [4.69, 9.17) is 4.74 Å². The Labute approximate surface area is 186 Å². The first kappa shape index (κ1) is 24.4. The Morgan fingerprint density at radius 3 is 2.26 bits per heavy atom. The molecule has 2 amide bonds. The molecule has 2 aromatic rings. The lowest BCUT2D eigenvalue weighted by Gasteiger charge is -2.31. The molecule has 0 radical (unpaired) electrons. The Morgan fingerprint density at radius 1 is 1.00 bits per heavy atom. The third-order valence-electron chi connectivity index (χ3n) is 5.18. The van der Waals surface area contributed by atoms with Crippen molar-refractivity contribution in [1.82, 2.24) is 10.2 Å². The van der Waals surface area contributed by atoms with Crippen LogP contribution in [0.1, 0.15) is 58.6 Å². The number of nitrogens with one attached hydrogen (secondary N) is 1. The Bertz CT molecular complexity index is 843. The topological polar surface area (TPSA) is 58.6 Å². The van der Waals surface area contributed by atoms with Crippen LogP contribution in [0.25, 0.3) is 0 Å². The first-order valence-corrected chi connectivity index (χ1v) is 11.1. The molecule has 0 aliphatic carbocycles. The van der Waals surface area contributed by atoms with Crippen LogP contribution in [0.15, 0.2) is 54.6 Å². The molecule has 0 fully saturated rings. The number of amides is 2. The van der Waals surface area contributed by atoms with Crippen LogP contribution in [0.5, 0.6) is 5.75 Å². The molecule has 168 valence electrons. The van der Waals surface area contributed by atoms with Crippen LogP contribution in [0.3, 0.4) is 0 Å². The van der Waals surface area contributed by atoms with Crippen molar-refractivity contribution in [1.29, 1.82) is 0 Å². The second-order valence-electron chi connectivity index (χ2n) is 8.76. The van der Waals surface area contributed by atoms with Crippen LogP contribution in [0.4, 0.5) is 0 Å². The molecule has 31 heavy (non-hydrogen) atoms. The van der Waals surface area contributed by atoms with E-state index in [1.165, 1.54) is 0 Å². The number of hydrogen-bond donors (Lipinski definition) is 1. The minimum atomic E-state index is -0.541. The molecule has 5 nitrogen and oxygen atoms in total. The summed E-state index contributed by atoms with van der Waals surface area (Å²) in [5.74, 6) is 0.376. The quantitative estimate of drug-likeness (QED) is 0.602. The first-order valence-electron chi connectivity index (χ1n) is 11.1. The van der Waals surface area contributed by atoms with Crippen molar-refractivity contribution < 1.29 is 14.3 Å². The van der Waals surface area contributed by atoms with Gasteiger partial charge in [-0.2, -0.15) is 0 Å². The Morgan fingerprint density at radius 2 is 1.65 bits per heavy atom. The second-order valence-corrected chi connectivity index (χ2v) is 8.76. The number of nitrogens with zero attached hydrogens (tertiary/aromatic N) is 1. The third kappa shape index (κ3) is 7.12. The van der Waals surface area contributed by atoms with Gasteiger partial charge in [0, 0.05) is 13.1 Å². The van der Waals surface area contributed by atoms with Gasteiger partial charge in [-0.05, 0) is 35.4 Å². The van der Waals surface area contributed by atoms with E-state index in [0.29, 0.717) is 25.3 Å². The summed E-state index contributed by atoms with van der Waals surface area (Å²) in [5, 5.41) is 2.93. The number of hydrogen-bond acceptors (Lipinski definition) is 3. The standard InChI is InChI=1S/C26H36N2O3/c1-6-17-27-25(30)22(7-2)28(18-20-13-9-8-10-14-20)24(29)19-31-23-16-12-11-15-21(23)26(3,4)5/h8-16,22H,6-7,17-19H2,1-5H3,(H,27,30)/t22-/m1/s1. The molecule has 2 rings (SSSR count). The highest BCUT2D eigenvalue weighted by atomic mass is 16.5. The summed E-state index contributed by atoms with van der Waals surface area (Å²) in [4.78, 5) is 27.7. The van der Waals surface area contributed by atoms with Gasteiger partial charge in [-0.3, -0.25) is 9.59 Å². The van der Waals surface area contributed by atoms with Crippen molar-refractivity contribution in [2.75, 3.05) is 13.2 Å². The number of benzene rings is 2. The molecule has 5 heteroatoms. The van der Waals surface area contributed by atoms with E-state index in [1.54, 1.807) is 4.90 Å². The van der Waals surface area contributed by atoms with Gasteiger partial charge in [0.25, 0.3) is 5.91 Å². The summed E-state index contributed by atoms with van der Waals surface area (Å²) in [6.07, 6.45) is 1.38. The Kier molecular flexibility index (Phi) is 9.10. The summed E-state index contributed by atoms with van der Waals surface area (Å²) in [5.41, 5.74) is 1.92. The monoisotopic (exact) mass is 424 g/mol. The number of carbonyl (C=O) groups excluding carboxylic acids is 2. The molecular weight excluding hydrogens is 388 g/mol. The number of rotatable bonds is 10. The van der Waals surface area contributed by atoms with Crippen molar-refractivity contribution in [2.45, 2.75) is 65.5 Å². The number of carbonyl (C=O) groups is 2. The van der Waals surface area contributed by atoms with Crippen LogP contribution < -0.4 is 10.1 Å². The maximum atomic E-state index is 13.3. The zero-order chi connectivity index (χ0) is 22.9. The highest BCUT2D eigenvalue weighted by Gasteiger charge is 2.29. The lowest BCUT2D eigenvalue weighted by Crippen LogP contribution is -2.50. The minimum absolute atomic E-state index is 0.102. The molecule has 0 aromatic heterocycles. The van der Waals surface area contributed by atoms with Crippen LogP contribution in [0.2, 0.25) is 0 Å². The van der Waals surface area contributed by atoms with Crippen LogP contribution >= 0.6 is 0 Å². The fraction of sp³-hybridized carbons (Fsp3) is 0.462. The zero-order valence-corrected chi connectivity index (χ0v) is 19.5. The van der Waals surface area contributed by atoms with E-state index >= 15 is 0 Å². The normalized spacial score (nSPS) is 12.2. The van der Waals surface area contributed by atoms with Gasteiger partial charge in [-0.25, -0.2) is 0 Å². The maximum Gasteiger partial charge on any atom is 0.261 e. The first-order chi connectivity index (χ1) is 14.8. The number of para-hydroxylation sites is 1. The maximum absolute atomic E-state index is 13.3. The van der Waals surface area contributed by atoms with Crippen LogP contribution in [0, 0.1) is 0 Å². The van der Waals surface area contributed by atoms with Crippen molar-refractivity contribution in [3.8, 4) is 5.75 Å². The third-order valence-corrected chi connectivity index (χ3v) is 5.18. The molecular formula is C26H36N2O3. The highest BCUT2D eigenvalue weighted by Crippen LogP contribution is 2.31. The molecule has 0 saturated heterocycles. The van der Waals surface area contributed by atoms with Gasteiger partial charge in [-0.1, -0.05) is 83.1 Å². The molecule has 0 saturated carbocycles. The van der Waals surface area contributed by atoms with Crippen molar-refractivity contribution in [3.63, 3.8) is 0 Å². The smallest absolute Gasteiger partial charge is 0.261 e. The Balaban J connectivity index is 2.23. The molecule has 2 aromatic carbocycles. The lowest BCUT2D eigenvalue weighted by molar-refractivity contribution is -0.143. The van der Waals surface area contributed by atoms with Gasteiger partial charge >= 0.3 is 0 Å². The van der Waals surface area contributed by atoms with E-state index in [-0.39, 0.29) is 23.8 Å². The average Bonchev–Trinajstić information content (AvgIpc) is 2.76. The van der Waals surface area contributed by atoms with Crippen LogP contribution in [-0.4, -0.2) is 35.9 Å². The predicted octanol–water partition coefficient (Wildman–Crippen LogP) is 4.70. The molecule has 0 bridgehead atoms. The Hall–Kier alpha value is -2.82. The summed E-state index contributed by atoms with van der Waals surface area (Å²) >= 11 is 0. The average molecular weight is 425 g/mol. The van der Waals surface area contributed by atoms with Crippen molar-refractivity contribution >= 4 is 11.8 Å². The highest BCUT2D eigenvalue weighted by molar-refractivity contribution is 5.88. The molecule has 0 spiro atoms. The van der Waals surface area contributed by atoms with E-state index < -0.39 is 6.04 Å². The summed E-state index contributed by atoms with van der Waals surface area (Å²) in [7, 11) is 0. The van der Waals surface area contributed by atoms with Gasteiger partial charge in [-0.15, -0.1) is 0 Å². The number of ether oxygens (including phenoxy) is 1. The van der Waals surface area contributed by atoms with Gasteiger partial charge in [0.2, 0.25) is 5.91 Å². The van der Waals surface area contributed by atoms with Gasteiger partial charge in [0.1, 0.15) is 11.8 Å². The van der Waals surface area contributed by atoms with Crippen molar-refractivity contribution in [3.05, 3.63) is 65.7 Å². The van der Waals surface area contributed by atoms with Gasteiger partial charge in [0.15, 0.2) is 6.61 Å². The predicted molar refractivity (Wildman–Crippen MR) is 125 cm³/mol. The fourth-order valence-corrected chi connectivity index (χ4v) is 3.50. The van der Waals surface area contributed by atoms with Gasteiger partial charge < -0.3 is 15.0 Å². The van der Waals surface area contributed by atoms with E-state index in [0.717, 1.165) is 17.5 Å². The van der Waals surface area contributed by atoms with Crippen molar-refractivity contribution in [2.24, 2.45) is 0 Å². The molecule has 1 atom stereocenters. The van der Waals surface area contributed by atoms with Crippen LogP contribution in [-0.2, 0) is 21.5 Å². The summed E-state index contributed by atoms with van der Waals surface area (Å²) in [6, 6.07) is 17.0.